The molecule has 1 aliphatic rings. The van der Waals surface area contributed by atoms with Crippen LogP contribution in [-0.2, 0) is 6.42 Å². The van der Waals surface area contributed by atoms with Gasteiger partial charge in [-0.05, 0) is 63.3 Å². The average molecular weight is 377 g/mol. The number of aryl methyl sites for hydroxylation is 4. The molecule has 4 rings (SSSR count). The molecule has 0 unspecified atom stereocenters. The lowest BCUT2D eigenvalue weighted by molar-refractivity contribution is 0.0651. The van der Waals surface area contributed by atoms with E-state index >= 15 is 0 Å². The van der Waals surface area contributed by atoms with Gasteiger partial charge < -0.3 is 14.6 Å². The molecular weight excluding hydrogens is 348 g/mol. The van der Waals surface area contributed by atoms with E-state index in [0.717, 1.165) is 60.8 Å². The van der Waals surface area contributed by atoms with Crippen molar-refractivity contribution >= 4 is 17.2 Å². The predicted octanol–water partition coefficient (Wildman–Crippen LogP) is 4.07. The summed E-state index contributed by atoms with van der Waals surface area (Å²) in [4.78, 5) is 19.4. The first-order valence-electron chi connectivity index (χ1n) is 10.0. The molecular formula is C23H28N4O. The van der Waals surface area contributed by atoms with Gasteiger partial charge in [-0.3, -0.25) is 4.79 Å². The van der Waals surface area contributed by atoms with Crippen LogP contribution in [0.2, 0.25) is 0 Å². The summed E-state index contributed by atoms with van der Waals surface area (Å²) in [5, 5.41) is 3.55. The topological polar surface area (TPSA) is 49.6 Å². The number of benzene rings is 1. The Labute approximate surface area is 166 Å². The van der Waals surface area contributed by atoms with E-state index in [0.29, 0.717) is 0 Å². The molecule has 5 heteroatoms. The number of imidazole rings is 1. The summed E-state index contributed by atoms with van der Waals surface area (Å²) in [6.07, 6.45) is 3.97. The van der Waals surface area contributed by atoms with Crippen molar-refractivity contribution in [3.05, 3.63) is 64.1 Å². The van der Waals surface area contributed by atoms with Gasteiger partial charge in [-0.1, -0.05) is 18.2 Å². The van der Waals surface area contributed by atoms with Crippen LogP contribution in [0.15, 0.2) is 30.5 Å². The molecule has 2 aromatic heterocycles. The SMILES string of the molecule is Cc1cccc(C)c1CCNc1cc(C(=O)N2CCC2)cn2c(C)c(C)nc12. The van der Waals surface area contributed by atoms with E-state index in [-0.39, 0.29) is 5.91 Å². The Bertz CT molecular complexity index is 1030. The largest absolute Gasteiger partial charge is 0.382 e. The molecule has 5 nitrogen and oxygen atoms in total. The zero-order valence-corrected chi connectivity index (χ0v) is 17.2. The molecule has 1 N–H and O–H groups in total. The molecule has 1 fully saturated rings. The van der Waals surface area contributed by atoms with Crippen LogP contribution in [0.4, 0.5) is 5.69 Å². The number of hydrogen-bond acceptors (Lipinski definition) is 3. The van der Waals surface area contributed by atoms with Crippen molar-refractivity contribution in [3.63, 3.8) is 0 Å². The fourth-order valence-corrected chi connectivity index (χ4v) is 3.89. The number of nitrogens with zero attached hydrogens (tertiary/aromatic N) is 3. The standard InChI is InChI=1S/C23H28N4O/c1-15-7-5-8-16(2)20(15)9-10-24-21-13-19(23(28)26-11-6-12-26)14-27-18(4)17(3)25-22(21)27/h5,7-8,13-14,24H,6,9-12H2,1-4H3. The Kier molecular flexibility index (Phi) is 4.84. The van der Waals surface area contributed by atoms with Gasteiger partial charge in [0.1, 0.15) is 0 Å². The number of carbonyl (C=O) groups is 1. The van der Waals surface area contributed by atoms with Crippen molar-refractivity contribution in [2.24, 2.45) is 0 Å². The molecule has 146 valence electrons. The molecule has 0 radical (unpaired) electrons. The maximum atomic E-state index is 12.8. The van der Waals surface area contributed by atoms with E-state index in [2.05, 4.69) is 37.4 Å². The first-order chi connectivity index (χ1) is 13.5. The van der Waals surface area contributed by atoms with Crippen molar-refractivity contribution in [1.82, 2.24) is 14.3 Å². The zero-order chi connectivity index (χ0) is 19.8. The number of aromatic nitrogens is 2. The number of amides is 1. The minimum absolute atomic E-state index is 0.108. The summed E-state index contributed by atoms with van der Waals surface area (Å²) in [6.45, 7) is 10.9. The normalized spacial score (nSPS) is 13.6. The molecule has 0 atom stereocenters. The van der Waals surface area contributed by atoms with Gasteiger partial charge in [0.2, 0.25) is 0 Å². The van der Waals surface area contributed by atoms with Gasteiger partial charge in [-0.15, -0.1) is 0 Å². The molecule has 3 aromatic rings. The highest BCUT2D eigenvalue weighted by Crippen LogP contribution is 2.24. The van der Waals surface area contributed by atoms with E-state index in [1.807, 2.05) is 35.4 Å². The van der Waals surface area contributed by atoms with Gasteiger partial charge in [-0.2, -0.15) is 0 Å². The van der Waals surface area contributed by atoms with E-state index in [9.17, 15) is 4.79 Å². The number of carbonyl (C=O) groups excluding carboxylic acids is 1. The summed E-state index contributed by atoms with van der Waals surface area (Å²) in [7, 11) is 0. The third kappa shape index (κ3) is 3.26. The van der Waals surface area contributed by atoms with Crippen LogP contribution in [0.25, 0.3) is 5.65 Å². The smallest absolute Gasteiger partial charge is 0.255 e. The Hall–Kier alpha value is -2.82. The van der Waals surface area contributed by atoms with E-state index < -0.39 is 0 Å². The summed E-state index contributed by atoms with van der Waals surface area (Å²) in [5.41, 5.74) is 8.63. The van der Waals surface area contributed by atoms with Gasteiger partial charge >= 0.3 is 0 Å². The number of hydrogen-bond donors (Lipinski definition) is 1. The maximum absolute atomic E-state index is 12.8. The van der Waals surface area contributed by atoms with E-state index in [4.69, 9.17) is 4.98 Å². The molecule has 1 amide bonds. The highest BCUT2D eigenvalue weighted by atomic mass is 16.2. The summed E-state index contributed by atoms with van der Waals surface area (Å²) >= 11 is 0. The third-order valence-electron chi connectivity index (χ3n) is 5.92. The van der Waals surface area contributed by atoms with E-state index in [1.54, 1.807) is 0 Å². The summed E-state index contributed by atoms with van der Waals surface area (Å²) < 4.78 is 2.05. The fourth-order valence-electron chi connectivity index (χ4n) is 3.89. The highest BCUT2D eigenvalue weighted by Gasteiger charge is 2.23. The van der Waals surface area contributed by atoms with Crippen LogP contribution in [-0.4, -0.2) is 39.8 Å². The molecule has 3 heterocycles. The van der Waals surface area contributed by atoms with Crippen LogP contribution in [0.5, 0.6) is 0 Å². The lowest BCUT2D eigenvalue weighted by Gasteiger charge is -2.31. The summed E-state index contributed by atoms with van der Waals surface area (Å²) in [5.74, 6) is 0.108. The van der Waals surface area contributed by atoms with Gasteiger partial charge in [-0.25, -0.2) is 4.98 Å². The molecule has 1 aliphatic heterocycles. The van der Waals surface area contributed by atoms with Gasteiger partial charge in [0, 0.05) is 31.5 Å². The Morgan fingerprint density at radius 3 is 2.50 bits per heavy atom. The van der Waals surface area contributed by atoms with Crippen LogP contribution >= 0.6 is 0 Å². The number of pyridine rings is 1. The van der Waals surface area contributed by atoms with Crippen molar-refractivity contribution in [2.75, 3.05) is 25.0 Å². The van der Waals surface area contributed by atoms with Crippen LogP contribution in [0.1, 0.15) is 44.9 Å². The Morgan fingerprint density at radius 1 is 1.14 bits per heavy atom. The van der Waals surface area contributed by atoms with Crippen LogP contribution in [0, 0.1) is 27.7 Å². The van der Waals surface area contributed by atoms with Gasteiger partial charge in [0.25, 0.3) is 5.91 Å². The molecule has 1 aromatic carbocycles. The van der Waals surface area contributed by atoms with Crippen molar-refractivity contribution in [1.29, 1.82) is 0 Å². The second-order valence-corrected chi connectivity index (χ2v) is 7.81. The molecule has 0 saturated carbocycles. The average Bonchev–Trinajstić information content (AvgIpc) is 2.91. The quantitative estimate of drug-likeness (QED) is 0.730. The van der Waals surface area contributed by atoms with Crippen molar-refractivity contribution in [2.45, 2.75) is 40.5 Å². The fraction of sp³-hybridized carbons (Fsp3) is 0.391. The van der Waals surface area contributed by atoms with Crippen LogP contribution < -0.4 is 5.32 Å². The molecule has 0 aliphatic carbocycles. The zero-order valence-electron chi connectivity index (χ0n) is 17.2. The number of fused-ring (bicyclic) bond motifs is 1. The molecule has 28 heavy (non-hydrogen) atoms. The monoisotopic (exact) mass is 376 g/mol. The first kappa shape index (κ1) is 18.5. The maximum Gasteiger partial charge on any atom is 0.255 e. The minimum Gasteiger partial charge on any atom is -0.382 e. The Balaban J connectivity index is 1.63. The van der Waals surface area contributed by atoms with Crippen molar-refractivity contribution < 1.29 is 4.79 Å². The highest BCUT2D eigenvalue weighted by molar-refractivity contribution is 5.96. The first-order valence-corrected chi connectivity index (χ1v) is 10.0. The van der Waals surface area contributed by atoms with E-state index in [1.165, 1.54) is 16.7 Å². The van der Waals surface area contributed by atoms with Crippen LogP contribution in [0.3, 0.4) is 0 Å². The number of nitrogens with one attached hydrogen (secondary N) is 1. The lowest BCUT2D eigenvalue weighted by Crippen LogP contribution is -2.42. The van der Waals surface area contributed by atoms with Gasteiger partial charge in [0.15, 0.2) is 5.65 Å². The van der Waals surface area contributed by atoms with Crippen molar-refractivity contribution in [3.8, 4) is 0 Å². The second kappa shape index (κ2) is 7.30. The molecule has 1 saturated heterocycles. The second-order valence-electron chi connectivity index (χ2n) is 7.81. The lowest BCUT2D eigenvalue weighted by atomic mass is 10.0. The summed E-state index contributed by atoms with van der Waals surface area (Å²) in [6, 6.07) is 8.39. The number of likely N-dealkylation sites (tertiary alicyclic amines) is 1. The number of anilines is 1. The van der Waals surface area contributed by atoms with Gasteiger partial charge in [0.05, 0.1) is 16.9 Å². The number of rotatable bonds is 5. The minimum atomic E-state index is 0.108. The third-order valence-corrected chi connectivity index (χ3v) is 5.92. The molecule has 0 spiro atoms. The Morgan fingerprint density at radius 2 is 1.86 bits per heavy atom. The predicted molar refractivity (Wildman–Crippen MR) is 113 cm³/mol. The molecule has 0 bridgehead atoms.